The van der Waals surface area contributed by atoms with Crippen LogP contribution < -0.4 is 5.32 Å². The molecule has 0 fully saturated rings. The Morgan fingerprint density at radius 1 is 1.17 bits per heavy atom. The maximum absolute atomic E-state index is 13.1. The van der Waals surface area contributed by atoms with Gasteiger partial charge in [-0.3, -0.25) is 0 Å². The molecule has 0 saturated carbocycles. The molecule has 0 aliphatic heterocycles. The van der Waals surface area contributed by atoms with Crippen LogP contribution in [0.25, 0.3) is 0 Å². The molecule has 0 aromatic heterocycles. The van der Waals surface area contributed by atoms with Gasteiger partial charge in [-0.25, -0.2) is 4.39 Å². The molecule has 0 spiro atoms. The van der Waals surface area contributed by atoms with Gasteiger partial charge in [0.2, 0.25) is 0 Å². The molecule has 0 bridgehead atoms. The minimum atomic E-state index is -0.669. The summed E-state index contributed by atoms with van der Waals surface area (Å²) in [7, 11) is 0. The van der Waals surface area contributed by atoms with Crippen molar-refractivity contribution < 1.29 is 9.50 Å². The van der Waals surface area contributed by atoms with Gasteiger partial charge in [0.25, 0.3) is 0 Å². The van der Waals surface area contributed by atoms with Crippen LogP contribution in [-0.2, 0) is 6.54 Å². The zero-order valence-electron chi connectivity index (χ0n) is 9.25. The summed E-state index contributed by atoms with van der Waals surface area (Å²) in [6, 6.07) is 9.41. The molecule has 2 rings (SSSR count). The summed E-state index contributed by atoms with van der Waals surface area (Å²) in [5.41, 5.74) is 1.37. The number of hydrogen-bond acceptors (Lipinski definition) is 2. The summed E-state index contributed by atoms with van der Waals surface area (Å²) >= 11 is 11.9. The van der Waals surface area contributed by atoms with Crippen molar-refractivity contribution in [1.82, 2.24) is 0 Å². The number of nitrogens with one attached hydrogen (secondary N) is 1. The number of aromatic hydroxyl groups is 1. The standard InChI is InChI=1S/C13H10Cl2FNO/c14-10-3-1-2-8(13(10)15)7-17-9-4-5-12(18)11(16)6-9/h1-6,17-18H,7H2. The van der Waals surface area contributed by atoms with Crippen molar-refractivity contribution in [3.63, 3.8) is 0 Å². The van der Waals surface area contributed by atoms with E-state index in [-0.39, 0.29) is 5.75 Å². The normalized spacial score (nSPS) is 10.4. The number of phenols is 1. The fraction of sp³-hybridized carbons (Fsp3) is 0.0769. The fourth-order valence-corrected chi connectivity index (χ4v) is 1.89. The van der Waals surface area contributed by atoms with Crippen LogP contribution in [-0.4, -0.2) is 5.11 Å². The summed E-state index contributed by atoms with van der Waals surface area (Å²) in [4.78, 5) is 0. The van der Waals surface area contributed by atoms with Gasteiger partial charge in [-0.05, 0) is 23.8 Å². The molecule has 0 unspecified atom stereocenters. The zero-order valence-corrected chi connectivity index (χ0v) is 10.8. The number of halogens is 3. The minimum Gasteiger partial charge on any atom is -0.505 e. The van der Waals surface area contributed by atoms with E-state index in [2.05, 4.69) is 5.32 Å². The smallest absolute Gasteiger partial charge is 0.166 e. The van der Waals surface area contributed by atoms with E-state index in [4.69, 9.17) is 28.3 Å². The SMILES string of the molecule is Oc1ccc(NCc2cccc(Cl)c2Cl)cc1F. The Labute approximate surface area is 114 Å². The van der Waals surface area contributed by atoms with Crippen LogP contribution in [0.5, 0.6) is 5.75 Å². The van der Waals surface area contributed by atoms with Crippen molar-refractivity contribution in [2.45, 2.75) is 6.54 Å². The third-order valence-electron chi connectivity index (χ3n) is 2.46. The van der Waals surface area contributed by atoms with Gasteiger partial charge in [-0.15, -0.1) is 0 Å². The van der Waals surface area contributed by atoms with E-state index in [1.165, 1.54) is 12.1 Å². The predicted molar refractivity (Wildman–Crippen MR) is 71.9 cm³/mol. The number of hydrogen-bond donors (Lipinski definition) is 2. The third-order valence-corrected chi connectivity index (χ3v) is 3.32. The first-order chi connectivity index (χ1) is 8.58. The molecule has 2 nitrogen and oxygen atoms in total. The van der Waals surface area contributed by atoms with Crippen molar-refractivity contribution in [2.24, 2.45) is 0 Å². The van der Waals surface area contributed by atoms with Gasteiger partial charge < -0.3 is 10.4 Å². The number of phenolic OH excluding ortho intramolecular Hbond substituents is 1. The van der Waals surface area contributed by atoms with Crippen molar-refractivity contribution in [2.75, 3.05) is 5.32 Å². The number of anilines is 1. The largest absolute Gasteiger partial charge is 0.505 e. The highest BCUT2D eigenvalue weighted by molar-refractivity contribution is 6.42. The Balaban J connectivity index is 2.11. The lowest BCUT2D eigenvalue weighted by molar-refractivity contribution is 0.432. The van der Waals surface area contributed by atoms with Crippen LogP contribution in [0, 0.1) is 5.82 Å². The summed E-state index contributed by atoms with van der Waals surface area (Å²) in [5.74, 6) is -1.04. The van der Waals surface area contributed by atoms with Crippen LogP contribution in [0.3, 0.4) is 0 Å². The lowest BCUT2D eigenvalue weighted by atomic mass is 10.2. The molecule has 94 valence electrons. The molecule has 5 heteroatoms. The van der Waals surface area contributed by atoms with E-state index in [9.17, 15) is 4.39 Å². The summed E-state index contributed by atoms with van der Waals surface area (Å²) in [5, 5.41) is 13.0. The second kappa shape index (κ2) is 5.46. The quantitative estimate of drug-likeness (QED) is 0.817. The molecule has 2 aromatic rings. The lowest BCUT2D eigenvalue weighted by Gasteiger charge is -2.09. The fourth-order valence-electron chi connectivity index (χ4n) is 1.50. The van der Waals surface area contributed by atoms with E-state index in [0.717, 1.165) is 5.56 Å². The van der Waals surface area contributed by atoms with Gasteiger partial charge >= 0.3 is 0 Å². The zero-order chi connectivity index (χ0) is 13.1. The van der Waals surface area contributed by atoms with E-state index >= 15 is 0 Å². The average Bonchev–Trinajstić information content (AvgIpc) is 2.35. The van der Waals surface area contributed by atoms with Gasteiger partial charge in [0.05, 0.1) is 10.0 Å². The molecule has 2 aromatic carbocycles. The van der Waals surface area contributed by atoms with E-state index < -0.39 is 5.82 Å². The second-order valence-electron chi connectivity index (χ2n) is 3.73. The Morgan fingerprint density at radius 2 is 1.94 bits per heavy atom. The molecule has 0 amide bonds. The minimum absolute atomic E-state index is 0.374. The number of rotatable bonds is 3. The average molecular weight is 286 g/mol. The highest BCUT2D eigenvalue weighted by Crippen LogP contribution is 2.26. The molecule has 0 saturated heterocycles. The molecular weight excluding hydrogens is 276 g/mol. The van der Waals surface area contributed by atoms with E-state index in [1.807, 2.05) is 6.07 Å². The van der Waals surface area contributed by atoms with Crippen LogP contribution in [0.4, 0.5) is 10.1 Å². The Bertz CT molecular complexity index is 575. The molecule has 0 radical (unpaired) electrons. The van der Waals surface area contributed by atoms with Gasteiger partial charge in [0, 0.05) is 18.3 Å². The monoisotopic (exact) mass is 285 g/mol. The van der Waals surface area contributed by atoms with Crippen molar-refractivity contribution in [3.8, 4) is 5.75 Å². The van der Waals surface area contributed by atoms with Crippen LogP contribution in [0.2, 0.25) is 10.0 Å². The van der Waals surface area contributed by atoms with Gasteiger partial charge in [0.1, 0.15) is 0 Å². The Kier molecular flexibility index (Phi) is 3.94. The maximum Gasteiger partial charge on any atom is 0.166 e. The maximum atomic E-state index is 13.1. The first-order valence-electron chi connectivity index (χ1n) is 5.23. The number of benzene rings is 2. The van der Waals surface area contributed by atoms with Crippen molar-refractivity contribution in [3.05, 3.63) is 57.8 Å². The molecule has 0 heterocycles. The summed E-state index contributed by atoms with van der Waals surface area (Å²) < 4.78 is 13.1. The van der Waals surface area contributed by atoms with Gasteiger partial charge in [0.15, 0.2) is 11.6 Å². The Morgan fingerprint density at radius 3 is 2.67 bits per heavy atom. The highest BCUT2D eigenvalue weighted by atomic mass is 35.5. The van der Waals surface area contributed by atoms with Gasteiger partial charge in [-0.2, -0.15) is 0 Å². The van der Waals surface area contributed by atoms with Crippen molar-refractivity contribution >= 4 is 28.9 Å². The van der Waals surface area contributed by atoms with Crippen LogP contribution >= 0.6 is 23.2 Å². The van der Waals surface area contributed by atoms with Gasteiger partial charge in [-0.1, -0.05) is 35.3 Å². The molecular formula is C13H10Cl2FNO. The second-order valence-corrected chi connectivity index (χ2v) is 4.52. The molecule has 0 atom stereocenters. The summed E-state index contributed by atoms with van der Waals surface area (Å²) in [6.07, 6.45) is 0. The molecule has 2 N–H and O–H groups in total. The molecule has 0 aliphatic carbocycles. The highest BCUT2D eigenvalue weighted by Gasteiger charge is 2.05. The van der Waals surface area contributed by atoms with Crippen LogP contribution in [0.15, 0.2) is 36.4 Å². The third kappa shape index (κ3) is 2.86. The van der Waals surface area contributed by atoms with Crippen molar-refractivity contribution in [1.29, 1.82) is 0 Å². The molecule has 18 heavy (non-hydrogen) atoms. The first-order valence-corrected chi connectivity index (χ1v) is 5.99. The molecule has 0 aliphatic rings. The van der Waals surface area contributed by atoms with E-state index in [1.54, 1.807) is 18.2 Å². The first kappa shape index (κ1) is 13.0. The van der Waals surface area contributed by atoms with Crippen LogP contribution in [0.1, 0.15) is 5.56 Å². The lowest BCUT2D eigenvalue weighted by Crippen LogP contribution is -2.00. The predicted octanol–water partition coefficient (Wildman–Crippen LogP) is 4.45. The Hall–Kier alpha value is -1.45. The topological polar surface area (TPSA) is 32.3 Å². The van der Waals surface area contributed by atoms with E-state index in [0.29, 0.717) is 22.3 Å². The summed E-state index contributed by atoms with van der Waals surface area (Å²) in [6.45, 7) is 0.420.